The minimum absolute atomic E-state index is 0.125. The van der Waals surface area contributed by atoms with Crippen LogP contribution in [-0.4, -0.2) is 32.4 Å². The minimum atomic E-state index is -0.529. The van der Waals surface area contributed by atoms with Crippen LogP contribution in [0, 0.1) is 0 Å². The van der Waals surface area contributed by atoms with Gasteiger partial charge in [-0.2, -0.15) is 0 Å². The lowest BCUT2D eigenvalue weighted by molar-refractivity contribution is -0.127. The molecule has 0 aromatic heterocycles. The molecular weight excluding hydrogens is 308 g/mol. The zero-order valence-corrected chi connectivity index (χ0v) is 13.3. The molecule has 0 bridgehead atoms. The molecule has 2 aromatic rings. The third-order valence-corrected chi connectivity index (χ3v) is 4.21. The van der Waals surface area contributed by atoms with Crippen molar-refractivity contribution in [3.63, 3.8) is 0 Å². The van der Waals surface area contributed by atoms with Crippen molar-refractivity contribution in [3.05, 3.63) is 48.0 Å². The van der Waals surface area contributed by atoms with Crippen molar-refractivity contribution in [2.24, 2.45) is 0 Å². The third-order valence-electron chi connectivity index (χ3n) is 4.21. The van der Waals surface area contributed by atoms with E-state index in [1.165, 1.54) is 0 Å². The number of likely N-dealkylation sites (N-methyl/N-ethyl adjacent to an activating group) is 1. The Labute approximate surface area is 139 Å². The lowest BCUT2D eigenvalue weighted by Gasteiger charge is -2.35. The summed E-state index contributed by atoms with van der Waals surface area (Å²) < 4.78 is 16.6. The maximum Gasteiger partial charge on any atom is 0.262 e. The molecule has 2 aliphatic heterocycles. The molecule has 1 atom stereocenters. The molecule has 0 aliphatic carbocycles. The number of amides is 1. The van der Waals surface area contributed by atoms with Crippen LogP contribution in [0.2, 0.25) is 0 Å². The number of nitrogens with zero attached hydrogens (tertiary/aromatic N) is 1. The molecule has 6 nitrogen and oxygen atoms in total. The van der Waals surface area contributed by atoms with Crippen molar-refractivity contribution in [2.75, 3.05) is 25.3 Å². The smallest absolute Gasteiger partial charge is 0.262 e. The fourth-order valence-corrected chi connectivity index (χ4v) is 3.01. The first-order chi connectivity index (χ1) is 11.7. The molecule has 6 heteroatoms. The highest BCUT2D eigenvalue weighted by molar-refractivity contribution is 5.83. The van der Waals surface area contributed by atoms with Crippen LogP contribution in [0.25, 0.3) is 0 Å². The van der Waals surface area contributed by atoms with Gasteiger partial charge in [0, 0.05) is 13.6 Å². The van der Waals surface area contributed by atoms with Gasteiger partial charge in [-0.25, -0.2) is 0 Å². The summed E-state index contributed by atoms with van der Waals surface area (Å²) in [5.41, 5.74) is 2.07. The van der Waals surface area contributed by atoms with E-state index in [1.54, 1.807) is 7.05 Å². The molecule has 0 unspecified atom stereocenters. The van der Waals surface area contributed by atoms with Gasteiger partial charge in [-0.1, -0.05) is 18.2 Å². The van der Waals surface area contributed by atoms with E-state index in [2.05, 4.69) is 10.2 Å². The zero-order chi connectivity index (χ0) is 16.5. The predicted octanol–water partition coefficient (Wildman–Crippen LogP) is 1.93. The molecule has 124 valence electrons. The molecule has 24 heavy (non-hydrogen) atoms. The van der Waals surface area contributed by atoms with Crippen LogP contribution in [0.1, 0.15) is 5.56 Å². The first-order valence-electron chi connectivity index (χ1n) is 7.85. The molecule has 1 N–H and O–H groups in total. The Morgan fingerprint density at radius 3 is 2.88 bits per heavy atom. The lowest BCUT2D eigenvalue weighted by atomic mass is 10.1. The second-order valence-corrected chi connectivity index (χ2v) is 5.76. The van der Waals surface area contributed by atoms with Gasteiger partial charge < -0.3 is 24.4 Å². The van der Waals surface area contributed by atoms with Crippen molar-refractivity contribution in [3.8, 4) is 17.2 Å². The highest BCUT2D eigenvalue weighted by Crippen LogP contribution is 2.36. The number of nitrogens with one attached hydrogen (secondary N) is 1. The Hall–Kier alpha value is -2.89. The number of benzene rings is 2. The number of fused-ring (bicyclic) bond motifs is 2. The van der Waals surface area contributed by atoms with Gasteiger partial charge in [0.05, 0.1) is 12.2 Å². The van der Waals surface area contributed by atoms with E-state index < -0.39 is 6.10 Å². The Morgan fingerprint density at radius 2 is 2.00 bits per heavy atom. The van der Waals surface area contributed by atoms with Crippen molar-refractivity contribution in [1.82, 2.24) is 5.32 Å². The van der Waals surface area contributed by atoms with Crippen molar-refractivity contribution in [2.45, 2.75) is 12.6 Å². The van der Waals surface area contributed by atoms with Crippen LogP contribution in [0.3, 0.4) is 0 Å². The van der Waals surface area contributed by atoms with Gasteiger partial charge in [-0.05, 0) is 29.8 Å². The van der Waals surface area contributed by atoms with Crippen molar-refractivity contribution >= 4 is 11.6 Å². The maximum absolute atomic E-state index is 12.0. The lowest BCUT2D eigenvalue weighted by Crippen LogP contribution is -2.47. The fraction of sp³-hybridized carbons (Fsp3) is 0.278. The molecule has 0 spiro atoms. The van der Waals surface area contributed by atoms with E-state index in [0.29, 0.717) is 13.1 Å². The molecule has 2 aliphatic rings. The topological polar surface area (TPSA) is 60.0 Å². The van der Waals surface area contributed by atoms with Crippen LogP contribution in [0.5, 0.6) is 17.2 Å². The Kier molecular flexibility index (Phi) is 3.65. The number of rotatable bonds is 3. The molecular formula is C18H18N2O4. The number of hydrogen-bond donors (Lipinski definition) is 1. The molecule has 0 fully saturated rings. The first-order valence-corrected chi connectivity index (χ1v) is 7.85. The molecule has 2 heterocycles. The van der Waals surface area contributed by atoms with Crippen LogP contribution in [-0.2, 0) is 11.3 Å². The molecule has 1 amide bonds. The normalized spacial score (nSPS) is 17.9. The SMILES string of the molecule is CNC(=O)[C@H]1CN(Cc2ccc3c(c2)OCO3)c2ccccc2O1. The first kappa shape index (κ1) is 14.7. The second kappa shape index (κ2) is 5.96. The maximum atomic E-state index is 12.0. The van der Waals surface area contributed by atoms with E-state index in [0.717, 1.165) is 28.5 Å². The van der Waals surface area contributed by atoms with Gasteiger partial charge in [-0.15, -0.1) is 0 Å². The van der Waals surface area contributed by atoms with Crippen LogP contribution < -0.4 is 24.4 Å². The summed E-state index contributed by atoms with van der Waals surface area (Å²) in [7, 11) is 1.62. The Morgan fingerprint density at radius 1 is 1.17 bits per heavy atom. The number of anilines is 1. The Bertz CT molecular complexity index is 777. The molecule has 2 aromatic carbocycles. The highest BCUT2D eigenvalue weighted by Gasteiger charge is 2.30. The summed E-state index contributed by atoms with van der Waals surface area (Å²) in [6.45, 7) is 1.41. The van der Waals surface area contributed by atoms with Crippen LogP contribution in [0.15, 0.2) is 42.5 Å². The van der Waals surface area contributed by atoms with E-state index in [-0.39, 0.29) is 12.7 Å². The van der Waals surface area contributed by atoms with E-state index >= 15 is 0 Å². The van der Waals surface area contributed by atoms with Gasteiger partial charge in [0.25, 0.3) is 5.91 Å². The Balaban J connectivity index is 1.62. The molecule has 0 radical (unpaired) electrons. The summed E-state index contributed by atoms with van der Waals surface area (Å²) in [6, 6.07) is 13.7. The largest absolute Gasteiger partial charge is 0.477 e. The van der Waals surface area contributed by atoms with Crippen molar-refractivity contribution in [1.29, 1.82) is 0 Å². The second-order valence-electron chi connectivity index (χ2n) is 5.76. The molecule has 4 rings (SSSR count). The van der Waals surface area contributed by atoms with Crippen LogP contribution >= 0.6 is 0 Å². The van der Waals surface area contributed by atoms with Gasteiger partial charge in [0.2, 0.25) is 6.79 Å². The summed E-state index contributed by atoms with van der Waals surface area (Å²) in [5, 5.41) is 2.66. The van der Waals surface area contributed by atoms with E-state index in [9.17, 15) is 4.79 Å². The zero-order valence-electron chi connectivity index (χ0n) is 13.3. The van der Waals surface area contributed by atoms with E-state index in [4.69, 9.17) is 14.2 Å². The van der Waals surface area contributed by atoms with Gasteiger partial charge >= 0.3 is 0 Å². The summed E-state index contributed by atoms with van der Waals surface area (Å²) in [4.78, 5) is 14.2. The van der Waals surface area contributed by atoms with Gasteiger partial charge in [-0.3, -0.25) is 4.79 Å². The number of hydrogen-bond acceptors (Lipinski definition) is 5. The monoisotopic (exact) mass is 326 g/mol. The predicted molar refractivity (Wildman–Crippen MR) is 88.5 cm³/mol. The fourth-order valence-electron chi connectivity index (χ4n) is 3.01. The number of para-hydroxylation sites is 2. The quantitative estimate of drug-likeness (QED) is 0.934. The number of ether oxygens (including phenoxy) is 3. The summed E-state index contributed by atoms with van der Waals surface area (Å²) in [6.07, 6.45) is -0.529. The van der Waals surface area contributed by atoms with Gasteiger partial charge in [0.1, 0.15) is 5.75 Å². The summed E-state index contributed by atoms with van der Waals surface area (Å²) in [5.74, 6) is 2.12. The minimum Gasteiger partial charge on any atom is -0.477 e. The van der Waals surface area contributed by atoms with E-state index in [1.807, 2.05) is 42.5 Å². The highest BCUT2D eigenvalue weighted by atomic mass is 16.7. The molecule has 0 saturated heterocycles. The summed E-state index contributed by atoms with van der Waals surface area (Å²) >= 11 is 0. The van der Waals surface area contributed by atoms with Crippen molar-refractivity contribution < 1.29 is 19.0 Å². The standard InChI is InChI=1S/C18H18N2O4/c1-19-18(21)17-10-20(13-4-2-3-5-14(13)24-17)9-12-6-7-15-16(8-12)23-11-22-15/h2-8,17H,9-11H2,1H3,(H,19,21)/t17-/m1/s1. The van der Waals surface area contributed by atoms with Gasteiger partial charge in [0.15, 0.2) is 17.6 Å². The third kappa shape index (κ3) is 2.60. The average molecular weight is 326 g/mol. The number of carbonyl (C=O) groups is 1. The number of carbonyl (C=O) groups excluding carboxylic acids is 1. The van der Waals surface area contributed by atoms with Crippen LogP contribution in [0.4, 0.5) is 5.69 Å². The molecule has 0 saturated carbocycles. The average Bonchev–Trinajstić information content (AvgIpc) is 3.08.